The Labute approximate surface area is 138 Å². The Morgan fingerprint density at radius 3 is 2.04 bits per heavy atom. The van der Waals surface area contributed by atoms with E-state index in [0.717, 1.165) is 12.8 Å². The van der Waals surface area contributed by atoms with Crippen molar-refractivity contribution < 1.29 is 0 Å². The van der Waals surface area contributed by atoms with Crippen LogP contribution in [0.4, 0.5) is 0 Å². The molecule has 0 aliphatic carbocycles. The average Bonchev–Trinajstić information content (AvgIpc) is 2.59. The molecular weight excluding hydrogens is 278 g/mol. The van der Waals surface area contributed by atoms with Gasteiger partial charge in [-0.1, -0.05) is 78.9 Å². The minimum atomic E-state index is 0.0541. The van der Waals surface area contributed by atoms with Crippen molar-refractivity contribution in [1.82, 2.24) is 0 Å². The van der Waals surface area contributed by atoms with Crippen LogP contribution in [0.1, 0.15) is 33.9 Å². The van der Waals surface area contributed by atoms with Gasteiger partial charge in [-0.15, -0.1) is 0 Å². The van der Waals surface area contributed by atoms with E-state index in [9.17, 15) is 0 Å². The van der Waals surface area contributed by atoms with Gasteiger partial charge in [0, 0.05) is 6.04 Å². The summed E-state index contributed by atoms with van der Waals surface area (Å²) >= 11 is 0. The van der Waals surface area contributed by atoms with Crippen LogP contribution >= 0.6 is 0 Å². The van der Waals surface area contributed by atoms with E-state index >= 15 is 0 Å². The van der Waals surface area contributed by atoms with Crippen LogP contribution in [0.15, 0.2) is 78.9 Å². The van der Waals surface area contributed by atoms with Crippen LogP contribution in [-0.4, -0.2) is 0 Å². The summed E-state index contributed by atoms with van der Waals surface area (Å²) in [4.78, 5) is 0. The Bertz CT molecular complexity index is 744. The van der Waals surface area contributed by atoms with E-state index in [4.69, 9.17) is 5.73 Å². The standard InChI is InChI=1S/C22H23N/c1-17-7-5-6-10-21(17)15-18-11-13-19(14-12-18)16-22(23)20-8-3-2-4-9-20/h2-14,22H,15-16,23H2,1H3. The molecule has 1 heteroatoms. The van der Waals surface area contributed by atoms with Crippen LogP contribution in [0, 0.1) is 6.92 Å². The molecule has 2 N–H and O–H groups in total. The summed E-state index contributed by atoms with van der Waals surface area (Å²) in [5.74, 6) is 0. The Kier molecular flexibility index (Phi) is 4.89. The van der Waals surface area contributed by atoms with Gasteiger partial charge in [0.05, 0.1) is 0 Å². The van der Waals surface area contributed by atoms with E-state index in [0.29, 0.717) is 0 Å². The number of rotatable bonds is 5. The van der Waals surface area contributed by atoms with E-state index < -0.39 is 0 Å². The van der Waals surface area contributed by atoms with Gasteiger partial charge < -0.3 is 5.73 Å². The highest BCUT2D eigenvalue weighted by Crippen LogP contribution is 2.18. The molecule has 1 unspecified atom stereocenters. The largest absolute Gasteiger partial charge is 0.324 e. The molecule has 3 aromatic carbocycles. The van der Waals surface area contributed by atoms with E-state index in [1.807, 2.05) is 18.2 Å². The molecule has 0 saturated carbocycles. The molecule has 1 nitrogen and oxygen atoms in total. The number of aryl methyl sites for hydroxylation is 1. The highest BCUT2D eigenvalue weighted by molar-refractivity contribution is 5.33. The molecule has 0 spiro atoms. The first-order chi connectivity index (χ1) is 11.2. The predicted molar refractivity (Wildman–Crippen MR) is 97.5 cm³/mol. The van der Waals surface area contributed by atoms with Crippen molar-refractivity contribution >= 4 is 0 Å². The third-order valence-electron chi connectivity index (χ3n) is 4.36. The number of benzene rings is 3. The summed E-state index contributed by atoms with van der Waals surface area (Å²) in [5, 5.41) is 0. The van der Waals surface area contributed by atoms with Crippen molar-refractivity contribution in [2.24, 2.45) is 5.73 Å². The van der Waals surface area contributed by atoms with Gasteiger partial charge in [-0.25, -0.2) is 0 Å². The molecule has 0 aliphatic heterocycles. The van der Waals surface area contributed by atoms with Gasteiger partial charge in [-0.3, -0.25) is 0 Å². The monoisotopic (exact) mass is 301 g/mol. The summed E-state index contributed by atoms with van der Waals surface area (Å²) in [6, 6.07) is 27.8. The lowest BCUT2D eigenvalue weighted by Gasteiger charge is -2.12. The first-order valence-electron chi connectivity index (χ1n) is 8.15. The van der Waals surface area contributed by atoms with Gasteiger partial charge in [0.1, 0.15) is 0 Å². The molecular formula is C22H23N. The minimum absolute atomic E-state index is 0.0541. The zero-order valence-corrected chi connectivity index (χ0v) is 13.6. The van der Waals surface area contributed by atoms with Crippen LogP contribution in [0.5, 0.6) is 0 Å². The summed E-state index contributed by atoms with van der Waals surface area (Å²) < 4.78 is 0. The summed E-state index contributed by atoms with van der Waals surface area (Å²) in [5.41, 5.74) is 12.9. The lowest BCUT2D eigenvalue weighted by molar-refractivity contribution is 0.722. The zero-order chi connectivity index (χ0) is 16.1. The Morgan fingerprint density at radius 2 is 1.35 bits per heavy atom. The maximum atomic E-state index is 6.31. The Morgan fingerprint density at radius 1 is 0.739 bits per heavy atom. The molecule has 0 bridgehead atoms. The normalized spacial score (nSPS) is 12.1. The van der Waals surface area contributed by atoms with Crippen molar-refractivity contribution in [2.45, 2.75) is 25.8 Å². The minimum Gasteiger partial charge on any atom is -0.324 e. The summed E-state index contributed by atoms with van der Waals surface area (Å²) in [7, 11) is 0. The van der Waals surface area contributed by atoms with Gasteiger partial charge in [0.25, 0.3) is 0 Å². The first kappa shape index (κ1) is 15.5. The molecule has 116 valence electrons. The van der Waals surface area contributed by atoms with Crippen molar-refractivity contribution in [1.29, 1.82) is 0 Å². The van der Waals surface area contributed by atoms with Gasteiger partial charge in [0.2, 0.25) is 0 Å². The molecule has 23 heavy (non-hydrogen) atoms. The molecule has 0 saturated heterocycles. The van der Waals surface area contributed by atoms with Crippen LogP contribution in [0.2, 0.25) is 0 Å². The van der Waals surface area contributed by atoms with Crippen molar-refractivity contribution in [3.8, 4) is 0 Å². The zero-order valence-electron chi connectivity index (χ0n) is 13.6. The third-order valence-corrected chi connectivity index (χ3v) is 4.36. The number of nitrogens with two attached hydrogens (primary N) is 1. The van der Waals surface area contributed by atoms with Gasteiger partial charge in [-0.2, -0.15) is 0 Å². The molecule has 0 aromatic heterocycles. The highest BCUT2D eigenvalue weighted by atomic mass is 14.6. The maximum absolute atomic E-state index is 6.31. The number of hydrogen-bond acceptors (Lipinski definition) is 1. The van der Waals surface area contributed by atoms with Crippen molar-refractivity contribution in [3.63, 3.8) is 0 Å². The van der Waals surface area contributed by atoms with E-state index in [1.54, 1.807) is 0 Å². The molecule has 0 aliphatic rings. The molecule has 1 atom stereocenters. The van der Waals surface area contributed by atoms with Crippen molar-refractivity contribution in [2.75, 3.05) is 0 Å². The third kappa shape index (κ3) is 4.08. The van der Waals surface area contributed by atoms with Crippen LogP contribution in [0.25, 0.3) is 0 Å². The molecule has 0 radical (unpaired) electrons. The second-order valence-corrected chi connectivity index (χ2v) is 6.14. The molecule has 0 heterocycles. The lowest BCUT2D eigenvalue weighted by atomic mass is 9.96. The lowest BCUT2D eigenvalue weighted by Crippen LogP contribution is -2.13. The van der Waals surface area contributed by atoms with Crippen LogP contribution in [0.3, 0.4) is 0 Å². The quantitative estimate of drug-likeness (QED) is 0.718. The van der Waals surface area contributed by atoms with Crippen LogP contribution in [-0.2, 0) is 12.8 Å². The molecule has 0 fully saturated rings. The topological polar surface area (TPSA) is 26.0 Å². The van der Waals surface area contributed by atoms with Gasteiger partial charge >= 0.3 is 0 Å². The molecule has 3 aromatic rings. The van der Waals surface area contributed by atoms with E-state index in [-0.39, 0.29) is 6.04 Å². The van der Waals surface area contributed by atoms with Gasteiger partial charge in [-0.05, 0) is 47.6 Å². The predicted octanol–water partition coefficient (Wildman–Crippen LogP) is 4.83. The summed E-state index contributed by atoms with van der Waals surface area (Å²) in [6.07, 6.45) is 1.85. The fourth-order valence-electron chi connectivity index (χ4n) is 2.89. The highest BCUT2D eigenvalue weighted by Gasteiger charge is 2.07. The smallest absolute Gasteiger partial charge is 0.0335 e. The Balaban J connectivity index is 1.67. The van der Waals surface area contributed by atoms with E-state index in [2.05, 4.69) is 67.6 Å². The SMILES string of the molecule is Cc1ccccc1Cc1ccc(CC(N)c2ccccc2)cc1. The van der Waals surface area contributed by atoms with Crippen LogP contribution < -0.4 is 5.73 Å². The number of hydrogen-bond donors (Lipinski definition) is 1. The van der Waals surface area contributed by atoms with E-state index in [1.165, 1.54) is 27.8 Å². The maximum Gasteiger partial charge on any atom is 0.0335 e. The second kappa shape index (κ2) is 7.26. The first-order valence-corrected chi connectivity index (χ1v) is 8.15. The Hall–Kier alpha value is -2.38. The fourth-order valence-corrected chi connectivity index (χ4v) is 2.89. The van der Waals surface area contributed by atoms with Crippen molar-refractivity contribution in [3.05, 3.63) is 107 Å². The second-order valence-electron chi connectivity index (χ2n) is 6.14. The molecule has 3 rings (SSSR count). The fraction of sp³-hybridized carbons (Fsp3) is 0.182. The average molecular weight is 301 g/mol. The molecule has 0 amide bonds. The van der Waals surface area contributed by atoms with Gasteiger partial charge in [0.15, 0.2) is 0 Å². The summed E-state index contributed by atoms with van der Waals surface area (Å²) in [6.45, 7) is 2.17.